The van der Waals surface area contributed by atoms with Gasteiger partial charge in [-0.3, -0.25) is 9.80 Å². The number of nitrogens with zero attached hydrogens (tertiary/aromatic N) is 3. The van der Waals surface area contributed by atoms with Crippen LogP contribution in [-0.2, 0) is 26.4 Å². The zero-order valence-electron chi connectivity index (χ0n) is 20.3. The molecular weight excluding hydrogens is 434 g/mol. The third-order valence-corrected chi connectivity index (χ3v) is 7.81. The van der Waals surface area contributed by atoms with E-state index in [0.717, 1.165) is 69.1 Å². The molecule has 0 aromatic heterocycles. The zero-order valence-corrected chi connectivity index (χ0v) is 20.3. The first-order chi connectivity index (χ1) is 16.3. The van der Waals surface area contributed by atoms with E-state index in [1.54, 1.807) is 0 Å². The van der Waals surface area contributed by atoms with E-state index in [2.05, 4.69) is 37.8 Å². The van der Waals surface area contributed by atoms with Gasteiger partial charge in [0.15, 0.2) is 0 Å². The van der Waals surface area contributed by atoms with Crippen molar-refractivity contribution in [2.45, 2.75) is 64.0 Å². The van der Waals surface area contributed by atoms with Crippen LogP contribution in [0, 0.1) is 6.92 Å². The maximum atomic E-state index is 12.8. The number of likely N-dealkylation sites (tertiary alicyclic amines) is 1. The summed E-state index contributed by atoms with van der Waals surface area (Å²) in [5.74, 6) is 1.06. The Morgan fingerprint density at radius 1 is 1.03 bits per heavy atom. The molecule has 1 spiro atoms. The highest BCUT2D eigenvalue weighted by Gasteiger charge is 2.48. The molecule has 0 N–H and O–H groups in total. The molecule has 0 bridgehead atoms. The van der Waals surface area contributed by atoms with Gasteiger partial charge >= 0.3 is 6.09 Å². The minimum Gasteiger partial charge on any atom is -0.492 e. The highest BCUT2D eigenvalue weighted by atomic mass is 17.1. The van der Waals surface area contributed by atoms with E-state index in [4.69, 9.17) is 19.1 Å². The number of rotatable bonds is 4. The van der Waals surface area contributed by atoms with Crippen molar-refractivity contribution in [3.8, 4) is 5.75 Å². The number of piperidine rings is 1. The molecule has 1 aromatic carbocycles. The lowest BCUT2D eigenvalue weighted by atomic mass is 9.85. The van der Waals surface area contributed by atoms with Crippen LogP contribution < -0.4 is 4.74 Å². The predicted molar refractivity (Wildman–Crippen MR) is 124 cm³/mol. The van der Waals surface area contributed by atoms with Crippen LogP contribution in [0.3, 0.4) is 0 Å². The maximum absolute atomic E-state index is 12.8. The van der Waals surface area contributed by atoms with E-state index in [1.807, 2.05) is 17.1 Å². The molecule has 4 aliphatic heterocycles. The molecule has 1 aliphatic carbocycles. The Kier molecular flexibility index (Phi) is 5.17. The number of carbonyl (C=O) groups excluding carboxylic acids is 1. The molecule has 3 fully saturated rings. The Labute approximate surface area is 200 Å². The van der Waals surface area contributed by atoms with E-state index in [9.17, 15) is 4.79 Å². The summed E-state index contributed by atoms with van der Waals surface area (Å²) in [6.07, 6.45) is 6.99. The monoisotopic (exact) mass is 467 g/mol. The van der Waals surface area contributed by atoms with Gasteiger partial charge in [-0.2, -0.15) is 0 Å². The summed E-state index contributed by atoms with van der Waals surface area (Å²) in [4.78, 5) is 27.5. The lowest BCUT2D eigenvalue weighted by molar-refractivity contribution is -0.501. The topological polar surface area (TPSA) is 63.7 Å². The summed E-state index contributed by atoms with van der Waals surface area (Å²) in [7, 11) is 0. The summed E-state index contributed by atoms with van der Waals surface area (Å²) < 4.78 is 11.9. The number of amides is 1. The van der Waals surface area contributed by atoms with Crippen LogP contribution in [0.5, 0.6) is 5.75 Å². The predicted octanol–water partition coefficient (Wildman–Crippen LogP) is 4.15. The number of benzene rings is 1. The van der Waals surface area contributed by atoms with Crippen LogP contribution in [0.2, 0.25) is 0 Å². The number of allylic oxidation sites excluding steroid dienone is 4. The second-order valence-electron chi connectivity index (χ2n) is 10.8. The fourth-order valence-electron chi connectivity index (χ4n) is 5.71. The molecule has 0 saturated carbocycles. The van der Waals surface area contributed by atoms with Gasteiger partial charge in [-0.05, 0) is 43.0 Å². The van der Waals surface area contributed by atoms with Crippen molar-refractivity contribution in [3.63, 3.8) is 0 Å². The van der Waals surface area contributed by atoms with Crippen molar-refractivity contribution in [1.29, 1.82) is 0 Å². The first-order valence-corrected chi connectivity index (χ1v) is 12.3. The lowest BCUT2D eigenvalue weighted by Gasteiger charge is -2.37. The summed E-state index contributed by atoms with van der Waals surface area (Å²) >= 11 is 0. The highest BCUT2D eigenvalue weighted by Crippen LogP contribution is 2.42. The first kappa shape index (κ1) is 21.9. The molecule has 3 saturated heterocycles. The summed E-state index contributed by atoms with van der Waals surface area (Å²) in [6.45, 7) is 11.1. The van der Waals surface area contributed by atoms with Crippen LogP contribution >= 0.6 is 0 Å². The number of ether oxygens (including phenoxy) is 2. The molecule has 182 valence electrons. The van der Waals surface area contributed by atoms with Gasteiger partial charge in [-0.1, -0.05) is 26.0 Å². The van der Waals surface area contributed by atoms with Crippen molar-refractivity contribution >= 4 is 6.09 Å². The van der Waals surface area contributed by atoms with Crippen molar-refractivity contribution < 1.29 is 23.9 Å². The first-order valence-electron chi connectivity index (χ1n) is 12.3. The third kappa shape index (κ3) is 3.78. The van der Waals surface area contributed by atoms with Crippen molar-refractivity contribution in [2.24, 2.45) is 0 Å². The quantitative estimate of drug-likeness (QED) is 0.659. The van der Waals surface area contributed by atoms with Gasteiger partial charge in [0.25, 0.3) is 0 Å². The van der Waals surface area contributed by atoms with Crippen LogP contribution in [0.15, 0.2) is 35.7 Å². The Balaban J connectivity index is 1.09. The van der Waals surface area contributed by atoms with Gasteiger partial charge in [0.1, 0.15) is 11.4 Å². The van der Waals surface area contributed by atoms with Gasteiger partial charge in [-0.25, -0.2) is 14.5 Å². The maximum Gasteiger partial charge on any atom is 0.414 e. The molecule has 0 unspecified atom stereocenters. The Hall–Kier alpha value is -2.55. The number of hydrogen-bond donors (Lipinski definition) is 0. The van der Waals surface area contributed by atoms with Crippen molar-refractivity contribution in [2.75, 3.05) is 33.0 Å². The van der Waals surface area contributed by atoms with E-state index < -0.39 is 0 Å². The third-order valence-electron chi connectivity index (χ3n) is 7.81. The molecule has 34 heavy (non-hydrogen) atoms. The standard InChI is InChI=1S/C26H33N3O5/c1-18-12-19(13-22-23(18)31-16-25(22,2)3)14-27-10-8-26(9-11-27)15-28(24(30)34-26)20-4-6-21(7-5-20)29-32-17-33-29/h4,6,12-13H,5,7-11,14-17H2,1-3H3. The number of carbonyl (C=O) groups is 1. The molecule has 8 heteroatoms. The normalized spacial score (nSPS) is 25.4. The Bertz CT molecular complexity index is 1070. The van der Waals surface area contributed by atoms with Gasteiger partial charge in [0, 0.05) is 49.2 Å². The second-order valence-corrected chi connectivity index (χ2v) is 10.8. The molecule has 1 amide bonds. The van der Waals surface area contributed by atoms with Crippen LogP contribution in [-0.4, -0.2) is 59.8 Å². The zero-order chi connectivity index (χ0) is 23.5. The SMILES string of the molecule is Cc1cc(CN2CCC3(CC2)CN(C2=CC=C(N4OCO4)CC2)C(=O)O3)cc2c1OCC2(C)C. The molecule has 4 heterocycles. The highest BCUT2D eigenvalue weighted by molar-refractivity contribution is 5.73. The molecule has 1 aromatic rings. The average Bonchev–Trinajstić information content (AvgIpc) is 3.26. The van der Waals surface area contributed by atoms with Gasteiger partial charge < -0.3 is 9.47 Å². The molecule has 0 atom stereocenters. The van der Waals surface area contributed by atoms with Gasteiger partial charge in [-0.15, -0.1) is 5.23 Å². The van der Waals surface area contributed by atoms with E-state index >= 15 is 0 Å². The fraction of sp³-hybridized carbons (Fsp3) is 0.577. The molecule has 0 radical (unpaired) electrons. The van der Waals surface area contributed by atoms with E-state index in [1.165, 1.54) is 21.9 Å². The summed E-state index contributed by atoms with van der Waals surface area (Å²) in [6, 6.07) is 4.58. The van der Waals surface area contributed by atoms with Crippen LogP contribution in [0.25, 0.3) is 0 Å². The fourth-order valence-corrected chi connectivity index (χ4v) is 5.71. The molecule has 8 nitrogen and oxygen atoms in total. The van der Waals surface area contributed by atoms with Crippen LogP contribution in [0.4, 0.5) is 4.79 Å². The van der Waals surface area contributed by atoms with Gasteiger partial charge in [0.05, 0.1) is 18.8 Å². The second kappa shape index (κ2) is 8.00. The summed E-state index contributed by atoms with van der Waals surface area (Å²) in [5, 5.41) is 1.45. The van der Waals surface area contributed by atoms with E-state index in [-0.39, 0.29) is 17.1 Å². The summed E-state index contributed by atoms with van der Waals surface area (Å²) in [5.41, 5.74) is 5.53. The van der Waals surface area contributed by atoms with Gasteiger partial charge in [0.2, 0.25) is 6.79 Å². The Morgan fingerprint density at radius 3 is 2.44 bits per heavy atom. The number of fused-ring (bicyclic) bond motifs is 1. The minimum atomic E-state index is -0.383. The largest absolute Gasteiger partial charge is 0.492 e. The smallest absolute Gasteiger partial charge is 0.414 e. The number of aryl methyl sites for hydroxylation is 1. The Morgan fingerprint density at radius 2 is 1.76 bits per heavy atom. The van der Waals surface area contributed by atoms with Crippen molar-refractivity contribution in [3.05, 3.63) is 52.4 Å². The molecule has 6 rings (SSSR count). The van der Waals surface area contributed by atoms with E-state index in [0.29, 0.717) is 13.3 Å². The number of hydrogen-bond acceptors (Lipinski definition) is 7. The minimum absolute atomic E-state index is 0.0582. The average molecular weight is 468 g/mol. The molecule has 5 aliphatic rings. The van der Waals surface area contributed by atoms with Crippen molar-refractivity contribution in [1.82, 2.24) is 15.0 Å². The molecular formula is C26H33N3O5. The lowest BCUT2D eigenvalue weighted by Crippen LogP contribution is -2.46. The van der Waals surface area contributed by atoms with Crippen LogP contribution in [0.1, 0.15) is 56.2 Å². The number of hydroxylamine groups is 2.